The second kappa shape index (κ2) is 9.40. The predicted molar refractivity (Wildman–Crippen MR) is 114 cm³/mol. The van der Waals surface area contributed by atoms with Crippen molar-refractivity contribution in [3.63, 3.8) is 0 Å². The second-order valence-corrected chi connectivity index (χ2v) is 8.40. The van der Waals surface area contributed by atoms with Crippen molar-refractivity contribution in [3.05, 3.63) is 47.8 Å². The Hall–Kier alpha value is -2.10. The zero-order chi connectivity index (χ0) is 19.2. The third-order valence-corrected chi connectivity index (χ3v) is 6.30. The molecule has 1 aromatic carbocycles. The maximum absolute atomic E-state index is 6.25. The van der Waals surface area contributed by atoms with Crippen LogP contribution in [0, 0.1) is 5.92 Å². The third-order valence-electron chi connectivity index (χ3n) is 6.30. The van der Waals surface area contributed by atoms with E-state index in [9.17, 15) is 0 Å². The van der Waals surface area contributed by atoms with Gasteiger partial charge in [-0.2, -0.15) is 0 Å². The minimum atomic E-state index is 0.287. The number of benzene rings is 1. The molecule has 0 atom stereocenters. The molecule has 4 rings (SSSR count). The van der Waals surface area contributed by atoms with Crippen LogP contribution in [0.3, 0.4) is 0 Å². The van der Waals surface area contributed by atoms with Gasteiger partial charge in [0, 0.05) is 38.3 Å². The van der Waals surface area contributed by atoms with Crippen molar-refractivity contribution in [1.82, 2.24) is 9.97 Å². The Labute approximate surface area is 169 Å². The summed E-state index contributed by atoms with van der Waals surface area (Å²) in [4.78, 5) is 11.3. The highest BCUT2D eigenvalue weighted by Gasteiger charge is 2.22. The van der Waals surface area contributed by atoms with E-state index in [0.717, 1.165) is 50.0 Å². The smallest absolute Gasteiger partial charge is 0.225 e. The van der Waals surface area contributed by atoms with Gasteiger partial charge in [-0.25, -0.2) is 9.97 Å². The van der Waals surface area contributed by atoms with Crippen molar-refractivity contribution in [2.75, 3.05) is 18.0 Å². The first kappa shape index (κ1) is 19.2. The van der Waals surface area contributed by atoms with Crippen molar-refractivity contribution < 1.29 is 4.74 Å². The van der Waals surface area contributed by atoms with E-state index in [0.29, 0.717) is 0 Å². The van der Waals surface area contributed by atoms with Crippen LogP contribution in [0.4, 0.5) is 5.95 Å². The zero-order valence-electron chi connectivity index (χ0n) is 17.1. The molecular formula is C24H33N3O. The molecule has 4 nitrogen and oxygen atoms in total. The van der Waals surface area contributed by atoms with E-state index in [1.54, 1.807) is 0 Å². The molecule has 0 unspecified atom stereocenters. The standard InChI is InChI=1S/C24H33N3O/c1-2-19-17-25-24(26-18-19)27-14-12-23(13-15-27)28-22-10-8-21(9-11-22)16-20-6-4-3-5-7-20/h8-11,17-18,20,23H,2-7,12-16H2,1H3. The molecule has 2 heterocycles. The number of ether oxygens (including phenoxy) is 1. The van der Waals surface area contributed by atoms with Crippen LogP contribution in [-0.4, -0.2) is 29.2 Å². The van der Waals surface area contributed by atoms with Crippen molar-refractivity contribution >= 4 is 5.95 Å². The Kier molecular flexibility index (Phi) is 6.45. The van der Waals surface area contributed by atoms with Crippen molar-refractivity contribution in [2.24, 2.45) is 5.92 Å². The molecule has 1 aliphatic heterocycles. The first-order valence-electron chi connectivity index (χ1n) is 11.1. The summed E-state index contributed by atoms with van der Waals surface area (Å²) in [5.74, 6) is 2.75. The monoisotopic (exact) mass is 379 g/mol. The lowest BCUT2D eigenvalue weighted by Gasteiger charge is -2.32. The number of piperidine rings is 1. The van der Waals surface area contributed by atoms with Crippen molar-refractivity contribution in [3.8, 4) is 5.75 Å². The maximum Gasteiger partial charge on any atom is 0.225 e. The van der Waals surface area contributed by atoms with Gasteiger partial charge in [-0.05, 0) is 42.0 Å². The number of aryl methyl sites for hydroxylation is 1. The molecule has 0 bridgehead atoms. The van der Waals surface area contributed by atoms with Crippen LogP contribution in [0.1, 0.15) is 63.0 Å². The molecule has 0 spiro atoms. The van der Waals surface area contributed by atoms with Crippen LogP contribution in [0.2, 0.25) is 0 Å². The summed E-state index contributed by atoms with van der Waals surface area (Å²) in [5.41, 5.74) is 2.65. The molecule has 0 N–H and O–H groups in total. The van der Waals surface area contributed by atoms with Gasteiger partial charge < -0.3 is 9.64 Å². The minimum absolute atomic E-state index is 0.287. The highest BCUT2D eigenvalue weighted by atomic mass is 16.5. The SMILES string of the molecule is CCc1cnc(N2CCC(Oc3ccc(CC4CCCCC4)cc3)CC2)nc1. The quantitative estimate of drug-likeness (QED) is 0.690. The van der Waals surface area contributed by atoms with Crippen molar-refractivity contribution in [1.29, 1.82) is 0 Å². The summed E-state index contributed by atoms with van der Waals surface area (Å²) in [7, 11) is 0. The molecule has 0 amide bonds. The van der Waals surface area contributed by atoms with E-state index in [1.165, 1.54) is 49.7 Å². The molecule has 28 heavy (non-hydrogen) atoms. The highest BCUT2D eigenvalue weighted by molar-refractivity contribution is 5.31. The summed E-state index contributed by atoms with van der Waals surface area (Å²) in [6.45, 7) is 4.04. The number of nitrogens with zero attached hydrogens (tertiary/aromatic N) is 3. The molecule has 1 saturated carbocycles. The molecule has 0 radical (unpaired) electrons. The summed E-state index contributed by atoms with van der Waals surface area (Å²) in [6.07, 6.45) is 15.5. The van der Waals surface area contributed by atoms with Crippen LogP contribution >= 0.6 is 0 Å². The molecule has 1 saturated heterocycles. The summed E-state index contributed by atoms with van der Waals surface area (Å²) < 4.78 is 6.25. The topological polar surface area (TPSA) is 38.2 Å². The third kappa shape index (κ3) is 5.03. The normalized spacial score (nSPS) is 19.0. The fourth-order valence-electron chi connectivity index (χ4n) is 4.49. The fourth-order valence-corrected chi connectivity index (χ4v) is 4.49. The summed E-state index contributed by atoms with van der Waals surface area (Å²) >= 11 is 0. The fraction of sp³-hybridized carbons (Fsp3) is 0.583. The first-order valence-corrected chi connectivity index (χ1v) is 11.1. The van der Waals surface area contributed by atoms with Gasteiger partial charge in [0.1, 0.15) is 11.9 Å². The lowest BCUT2D eigenvalue weighted by atomic mass is 9.85. The first-order chi connectivity index (χ1) is 13.8. The number of hydrogen-bond donors (Lipinski definition) is 0. The van der Waals surface area contributed by atoms with E-state index in [2.05, 4.69) is 46.1 Å². The molecule has 2 fully saturated rings. The van der Waals surface area contributed by atoms with Gasteiger partial charge in [-0.3, -0.25) is 0 Å². The van der Waals surface area contributed by atoms with E-state index in [4.69, 9.17) is 4.74 Å². The molecule has 150 valence electrons. The Balaban J connectivity index is 1.25. The van der Waals surface area contributed by atoms with E-state index in [1.807, 2.05) is 12.4 Å². The van der Waals surface area contributed by atoms with Gasteiger partial charge in [-0.15, -0.1) is 0 Å². The molecule has 1 aliphatic carbocycles. The van der Waals surface area contributed by atoms with Crippen LogP contribution < -0.4 is 9.64 Å². The molecule has 1 aromatic heterocycles. The van der Waals surface area contributed by atoms with E-state index < -0.39 is 0 Å². The molecular weight excluding hydrogens is 346 g/mol. The summed E-state index contributed by atoms with van der Waals surface area (Å²) in [6, 6.07) is 8.86. The Morgan fingerprint density at radius 1 is 0.893 bits per heavy atom. The Bertz CT molecular complexity index is 715. The number of hydrogen-bond acceptors (Lipinski definition) is 4. The van der Waals surface area contributed by atoms with Crippen LogP contribution in [0.25, 0.3) is 0 Å². The van der Waals surface area contributed by atoms with E-state index in [-0.39, 0.29) is 6.10 Å². The van der Waals surface area contributed by atoms with Crippen molar-refractivity contribution in [2.45, 2.75) is 70.8 Å². The number of aromatic nitrogens is 2. The number of anilines is 1. The predicted octanol–water partition coefficient (Wildman–Crippen LogP) is 5.21. The molecule has 2 aromatic rings. The Morgan fingerprint density at radius 3 is 2.21 bits per heavy atom. The largest absolute Gasteiger partial charge is 0.490 e. The molecule has 2 aliphatic rings. The van der Waals surface area contributed by atoms with Gasteiger partial charge in [0.05, 0.1) is 0 Å². The van der Waals surface area contributed by atoms with Gasteiger partial charge >= 0.3 is 0 Å². The maximum atomic E-state index is 6.25. The van der Waals surface area contributed by atoms with Crippen LogP contribution in [-0.2, 0) is 12.8 Å². The average Bonchev–Trinajstić information content (AvgIpc) is 2.76. The lowest BCUT2D eigenvalue weighted by molar-refractivity contribution is 0.170. The van der Waals surface area contributed by atoms with Gasteiger partial charge in [-0.1, -0.05) is 51.2 Å². The number of rotatable bonds is 6. The van der Waals surface area contributed by atoms with Crippen LogP contribution in [0.5, 0.6) is 5.75 Å². The lowest BCUT2D eigenvalue weighted by Crippen LogP contribution is -2.39. The minimum Gasteiger partial charge on any atom is -0.490 e. The van der Waals surface area contributed by atoms with Gasteiger partial charge in [0.15, 0.2) is 0 Å². The Morgan fingerprint density at radius 2 is 1.57 bits per heavy atom. The zero-order valence-corrected chi connectivity index (χ0v) is 17.1. The molecule has 4 heteroatoms. The highest BCUT2D eigenvalue weighted by Crippen LogP contribution is 2.28. The average molecular weight is 380 g/mol. The van der Waals surface area contributed by atoms with Gasteiger partial charge in [0.25, 0.3) is 0 Å². The van der Waals surface area contributed by atoms with Crippen LogP contribution in [0.15, 0.2) is 36.7 Å². The second-order valence-electron chi connectivity index (χ2n) is 8.40. The summed E-state index contributed by atoms with van der Waals surface area (Å²) in [5, 5.41) is 0. The van der Waals surface area contributed by atoms with E-state index >= 15 is 0 Å². The van der Waals surface area contributed by atoms with Gasteiger partial charge in [0.2, 0.25) is 5.95 Å².